The zero-order valence-corrected chi connectivity index (χ0v) is 11.7. The van der Waals surface area contributed by atoms with Crippen LogP contribution in [0.1, 0.15) is 51.6 Å². The summed E-state index contributed by atoms with van der Waals surface area (Å²) in [6, 6.07) is 9.41. The molecule has 2 atom stereocenters. The summed E-state index contributed by atoms with van der Waals surface area (Å²) in [7, 11) is 0. The normalized spacial score (nSPS) is 23.4. The molecule has 2 heteroatoms. The Morgan fingerprint density at radius 3 is 2.41 bits per heavy atom. The van der Waals surface area contributed by atoms with Gasteiger partial charge in [-0.3, -0.25) is 0 Å². The molecular weight excluding hydrogens is 230 g/mol. The predicted octanol–water partition coefficient (Wildman–Crippen LogP) is 4.57. The second kappa shape index (κ2) is 4.99. The Labute approximate surface area is 110 Å². The van der Waals surface area contributed by atoms with E-state index in [1.165, 1.54) is 24.8 Å². The summed E-state index contributed by atoms with van der Waals surface area (Å²) in [6.45, 7) is 6.90. The van der Waals surface area contributed by atoms with Crippen LogP contribution in [0.3, 0.4) is 0 Å². The molecule has 1 aliphatic rings. The fraction of sp³-hybridized carbons (Fsp3) is 0.600. The number of nitrogens with one attached hydrogen (secondary N) is 1. The van der Waals surface area contributed by atoms with Gasteiger partial charge in [0.2, 0.25) is 0 Å². The Hall–Kier alpha value is -0.530. The van der Waals surface area contributed by atoms with Gasteiger partial charge in [-0.2, -0.15) is 0 Å². The van der Waals surface area contributed by atoms with Gasteiger partial charge >= 0.3 is 0 Å². The van der Waals surface area contributed by atoms with Gasteiger partial charge < -0.3 is 5.32 Å². The van der Waals surface area contributed by atoms with Crippen molar-refractivity contribution >= 4 is 11.6 Å². The molecule has 0 aliphatic heterocycles. The average Bonchev–Trinajstić information content (AvgIpc) is 2.87. The molecule has 1 N–H and O–H groups in total. The van der Waals surface area contributed by atoms with Crippen molar-refractivity contribution in [3.05, 3.63) is 34.9 Å². The van der Waals surface area contributed by atoms with Gasteiger partial charge in [-0.25, -0.2) is 0 Å². The summed E-state index contributed by atoms with van der Waals surface area (Å²) in [5.74, 6) is 0. The molecule has 0 radical (unpaired) electrons. The van der Waals surface area contributed by atoms with Crippen LogP contribution in [0, 0.1) is 5.41 Å². The lowest BCUT2D eigenvalue weighted by atomic mass is 10.0. The summed E-state index contributed by atoms with van der Waals surface area (Å²) in [6.07, 6.45) is 3.68. The molecule has 1 nitrogen and oxygen atoms in total. The number of hydrogen-bond acceptors (Lipinski definition) is 1. The van der Waals surface area contributed by atoms with Crippen LogP contribution in [-0.2, 0) is 0 Å². The van der Waals surface area contributed by atoms with Gasteiger partial charge in [0.15, 0.2) is 0 Å². The van der Waals surface area contributed by atoms with E-state index in [0.717, 1.165) is 5.02 Å². The number of hydrogen-bond donors (Lipinski definition) is 1. The molecule has 1 aromatic rings. The molecule has 0 saturated heterocycles. The van der Waals surface area contributed by atoms with Crippen molar-refractivity contribution in [2.45, 2.75) is 52.1 Å². The lowest BCUT2D eigenvalue weighted by Gasteiger charge is -2.20. The van der Waals surface area contributed by atoms with Crippen LogP contribution in [0.15, 0.2) is 24.3 Å². The maximum Gasteiger partial charge on any atom is 0.0406 e. The van der Waals surface area contributed by atoms with E-state index in [2.05, 4.69) is 38.2 Å². The summed E-state index contributed by atoms with van der Waals surface area (Å²) in [5.41, 5.74) is 1.84. The van der Waals surface area contributed by atoms with E-state index in [9.17, 15) is 0 Å². The first-order chi connectivity index (χ1) is 8.03. The third-order valence-corrected chi connectivity index (χ3v) is 4.02. The molecule has 0 bridgehead atoms. The van der Waals surface area contributed by atoms with Gasteiger partial charge in [0.05, 0.1) is 0 Å². The van der Waals surface area contributed by atoms with E-state index in [-0.39, 0.29) is 0 Å². The summed E-state index contributed by atoms with van der Waals surface area (Å²) in [4.78, 5) is 0. The number of halogens is 1. The van der Waals surface area contributed by atoms with Crippen molar-refractivity contribution in [1.82, 2.24) is 5.32 Å². The highest BCUT2D eigenvalue weighted by atomic mass is 35.5. The predicted molar refractivity (Wildman–Crippen MR) is 74.4 cm³/mol. The van der Waals surface area contributed by atoms with Crippen molar-refractivity contribution in [1.29, 1.82) is 0 Å². The number of benzene rings is 1. The highest BCUT2D eigenvalue weighted by Crippen LogP contribution is 2.46. The lowest BCUT2D eigenvalue weighted by Crippen LogP contribution is -2.26. The minimum Gasteiger partial charge on any atom is -0.307 e. The van der Waals surface area contributed by atoms with Crippen LogP contribution in [-0.4, -0.2) is 6.04 Å². The van der Waals surface area contributed by atoms with Crippen molar-refractivity contribution < 1.29 is 0 Å². The standard InChI is InChI=1S/C15H22ClN/c1-4-5-13(17-14-10-15(14,2)3)11-6-8-12(16)9-7-11/h6-9,13-14,17H,4-5,10H2,1-3H3. The highest BCUT2D eigenvalue weighted by molar-refractivity contribution is 6.30. The second-order valence-electron chi connectivity index (χ2n) is 5.80. The lowest BCUT2D eigenvalue weighted by molar-refractivity contribution is 0.446. The van der Waals surface area contributed by atoms with E-state index >= 15 is 0 Å². The first kappa shape index (κ1) is 12.9. The smallest absolute Gasteiger partial charge is 0.0406 e. The van der Waals surface area contributed by atoms with E-state index in [1.54, 1.807) is 0 Å². The molecule has 0 spiro atoms. The van der Waals surface area contributed by atoms with Gasteiger partial charge in [-0.1, -0.05) is 50.9 Å². The van der Waals surface area contributed by atoms with Gasteiger partial charge in [0.25, 0.3) is 0 Å². The van der Waals surface area contributed by atoms with Gasteiger partial charge in [-0.05, 0) is 36.0 Å². The monoisotopic (exact) mass is 251 g/mol. The average molecular weight is 252 g/mol. The first-order valence-electron chi connectivity index (χ1n) is 6.54. The van der Waals surface area contributed by atoms with Crippen molar-refractivity contribution in [3.8, 4) is 0 Å². The second-order valence-corrected chi connectivity index (χ2v) is 6.24. The molecular formula is C15H22ClN. The molecule has 0 aromatic heterocycles. The molecule has 1 fully saturated rings. The molecule has 1 aromatic carbocycles. The van der Waals surface area contributed by atoms with E-state index in [1.807, 2.05) is 12.1 Å². The zero-order valence-electron chi connectivity index (χ0n) is 11.0. The van der Waals surface area contributed by atoms with Gasteiger partial charge in [0.1, 0.15) is 0 Å². The molecule has 0 heterocycles. The van der Waals surface area contributed by atoms with Crippen LogP contribution < -0.4 is 5.32 Å². The molecule has 1 saturated carbocycles. The summed E-state index contributed by atoms with van der Waals surface area (Å²) in [5, 5.41) is 4.59. The number of rotatable bonds is 5. The Morgan fingerprint density at radius 2 is 1.94 bits per heavy atom. The van der Waals surface area contributed by atoms with Crippen molar-refractivity contribution in [3.63, 3.8) is 0 Å². The minimum absolute atomic E-state index is 0.476. The molecule has 94 valence electrons. The Kier molecular flexibility index (Phi) is 3.79. The van der Waals surface area contributed by atoms with E-state index in [4.69, 9.17) is 11.6 Å². The summed E-state index contributed by atoms with van der Waals surface area (Å²) >= 11 is 5.94. The third-order valence-electron chi connectivity index (χ3n) is 3.77. The minimum atomic E-state index is 0.476. The van der Waals surface area contributed by atoms with Gasteiger partial charge in [0, 0.05) is 17.1 Å². The van der Waals surface area contributed by atoms with Crippen molar-refractivity contribution in [2.24, 2.45) is 5.41 Å². The SMILES string of the molecule is CCCC(NC1CC1(C)C)c1ccc(Cl)cc1. The maximum atomic E-state index is 5.94. The van der Waals surface area contributed by atoms with Crippen LogP contribution in [0.25, 0.3) is 0 Å². The highest BCUT2D eigenvalue weighted by Gasteiger charge is 2.46. The van der Waals surface area contributed by atoms with Crippen molar-refractivity contribution in [2.75, 3.05) is 0 Å². The topological polar surface area (TPSA) is 12.0 Å². The summed E-state index contributed by atoms with van der Waals surface area (Å²) < 4.78 is 0. The maximum absolute atomic E-state index is 5.94. The quantitative estimate of drug-likeness (QED) is 0.808. The van der Waals surface area contributed by atoms with Crippen LogP contribution in [0.4, 0.5) is 0 Å². The van der Waals surface area contributed by atoms with Gasteiger partial charge in [-0.15, -0.1) is 0 Å². The molecule has 17 heavy (non-hydrogen) atoms. The molecule has 0 amide bonds. The largest absolute Gasteiger partial charge is 0.307 e. The zero-order chi connectivity index (χ0) is 12.5. The fourth-order valence-corrected chi connectivity index (χ4v) is 2.45. The Balaban J connectivity index is 2.04. The first-order valence-corrected chi connectivity index (χ1v) is 6.92. The third kappa shape index (κ3) is 3.23. The Morgan fingerprint density at radius 1 is 1.35 bits per heavy atom. The Bertz CT molecular complexity index is 369. The van der Waals surface area contributed by atoms with E-state index < -0.39 is 0 Å². The molecule has 2 rings (SSSR count). The van der Waals surface area contributed by atoms with Crippen LogP contribution in [0.2, 0.25) is 5.02 Å². The molecule has 1 aliphatic carbocycles. The van der Waals surface area contributed by atoms with Crippen LogP contribution in [0.5, 0.6) is 0 Å². The van der Waals surface area contributed by atoms with E-state index in [0.29, 0.717) is 17.5 Å². The fourth-order valence-electron chi connectivity index (χ4n) is 2.32. The molecule has 2 unspecified atom stereocenters. The van der Waals surface area contributed by atoms with Crippen LogP contribution >= 0.6 is 11.6 Å².